The number of hydrogen-bond donors (Lipinski definition) is 2. The van der Waals surface area contributed by atoms with Crippen molar-refractivity contribution in [2.45, 2.75) is 25.5 Å². The lowest BCUT2D eigenvalue weighted by atomic mass is 10.0. The molecular weight excluding hydrogens is 200 g/mol. The first-order valence-corrected chi connectivity index (χ1v) is 5.39. The van der Waals surface area contributed by atoms with Crippen LogP contribution < -0.4 is 11.3 Å². The SMILES string of the molecule is C#CCC(NN)C(OCC)c1ccccc1. The van der Waals surface area contributed by atoms with E-state index < -0.39 is 0 Å². The summed E-state index contributed by atoms with van der Waals surface area (Å²) in [4.78, 5) is 0. The lowest BCUT2D eigenvalue weighted by molar-refractivity contribution is 0.0345. The number of nitrogens with two attached hydrogens (primary N) is 1. The number of hydrazine groups is 1. The minimum absolute atomic E-state index is 0.0626. The van der Waals surface area contributed by atoms with Crippen molar-refractivity contribution in [1.82, 2.24) is 5.43 Å². The molecule has 1 aromatic carbocycles. The van der Waals surface area contributed by atoms with E-state index in [0.717, 1.165) is 5.56 Å². The molecule has 1 aromatic rings. The van der Waals surface area contributed by atoms with Gasteiger partial charge >= 0.3 is 0 Å². The summed E-state index contributed by atoms with van der Waals surface area (Å²) < 4.78 is 5.70. The largest absolute Gasteiger partial charge is 0.372 e. The number of benzene rings is 1. The molecule has 0 aliphatic heterocycles. The minimum atomic E-state index is -0.104. The van der Waals surface area contributed by atoms with Crippen LogP contribution in [0.1, 0.15) is 25.0 Å². The zero-order valence-electron chi connectivity index (χ0n) is 9.52. The molecule has 0 saturated carbocycles. The van der Waals surface area contributed by atoms with Gasteiger partial charge < -0.3 is 4.74 Å². The Morgan fingerprint density at radius 2 is 2.12 bits per heavy atom. The first kappa shape index (κ1) is 12.7. The second-order valence-corrected chi connectivity index (χ2v) is 3.47. The van der Waals surface area contributed by atoms with Gasteiger partial charge in [0, 0.05) is 13.0 Å². The standard InChI is InChI=1S/C13H18N2O/c1-3-8-12(15-14)13(16-4-2)11-9-6-5-7-10-11/h1,5-7,9-10,12-13,15H,4,8,14H2,2H3. The summed E-state index contributed by atoms with van der Waals surface area (Å²) in [7, 11) is 0. The fourth-order valence-corrected chi connectivity index (χ4v) is 1.65. The molecule has 0 saturated heterocycles. The summed E-state index contributed by atoms with van der Waals surface area (Å²) >= 11 is 0. The maximum absolute atomic E-state index is 5.70. The second-order valence-electron chi connectivity index (χ2n) is 3.47. The van der Waals surface area contributed by atoms with Gasteiger partial charge in [-0.3, -0.25) is 11.3 Å². The average molecular weight is 218 g/mol. The Balaban J connectivity index is 2.85. The van der Waals surface area contributed by atoms with Crippen molar-refractivity contribution in [2.24, 2.45) is 5.84 Å². The molecule has 3 heteroatoms. The summed E-state index contributed by atoms with van der Waals surface area (Å²) in [5.41, 5.74) is 3.80. The van der Waals surface area contributed by atoms with Crippen molar-refractivity contribution in [3.05, 3.63) is 35.9 Å². The molecule has 0 heterocycles. The van der Waals surface area contributed by atoms with Crippen LogP contribution in [0, 0.1) is 12.3 Å². The van der Waals surface area contributed by atoms with Crippen LogP contribution in [-0.4, -0.2) is 12.6 Å². The van der Waals surface area contributed by atoms with Crippen LogP contribution in [0.5, 0.6) is 0 Å². The van der Waals surface area contributed by atoms with E-state index in [9.17, 15) is 0 Å². The van der Waals surface area contributed by atoms with Gasteiger partial charge in [0.05, 0.1) is 12.1 Å². The Morgan fingerprint density at radius 1 is 1.44 bits per heavy atom. The molecule has 0 amide bonds. The van der Waals surface area contributed by atoms with Crippen LogP contribution in [0.2, 0.25) is 0 Å². The molecule has 2 unspecified atom stereocenters. The molecule has 0 spiro atoms. The highest BCUT2D eigenvalue weighted by Crippen LogP contribution is 2.22. The van der Waals surface area contributed by atoms with Crippen molar-refractivity contribution < 1.29 is 4.74 Å². The maximum Gasteiger partial charge on any atom is 0.1000 e. The molecule has 0 radical (unpaired) electrons. The Labute approximate surface area is 97.0 Å². The Bertz CT molecular complexity index is 332. The van der Waals surface area contributed by atoms with Crippen molar-refractivity contribution in [1.29, 1.82) is 0 Å². The topological polar surface area (TPSA) is 47.3 Å². The highest BCUT2D eigenvalue weighted by molar-refractivity contribution is 5.19. The number of hydrogen-bond acceptors (Lipinski definition) is 3. The molecule has 2 atom stereocenters. The average Bonchev–Trinajstić information content (AvgIpc) is 2.35. The minimum Gasteiger partial charge on any atom is -0.372 e. The van der Waals surface area contributed by atoms with Crippen LogP contribution in [0.4, 0.5) is 0 Å². The summed E-state index contributed by atoms with van der Waals surface area (Å²) in [5.74, 6) is 8.11. The first-order valence-electron chi connectivity index (χ1n) is 5.39. The van der Waals surface area contributed by atoms with E-state index in [1.165, 1.54) is 0 Å². The summed E-state index contributed by atoms with van der Waals surface area (Å²) in [5, 5.41) is 0. The smallest absolute Gasteiger partial charge is 0.1000 e. The van der Waals surface area contributed by atoms with Crippen LogP contribution in [0.25, 0.3) is 0 Å². The monoisotopic (exact) mass is 218 g/mol. The number of nitrogens with one attached hydrogen (secondary N) is 1. The Kier molecular flexibility index (Phi) is 5.58. The van der Waals surface area contributed by atoms with E-state index in [1.54, 1.807) is 0 Å². The molecule has 0 aliphatic rings. The van der Waals surface area contributed by atoms with E-state index in [0.29, 0.717) is 13.0 Å². The van der Waals surface area contributed by atoms with E-state index >= 15 is 0 Å². The van der Waals surface area contributed by atoms with Crippen molar-refractivity contribution in [3.8, 4) is 12.3 Å². The third-order valence-corrected chi connectivity index (χ3v) is 2.39. The number of ether oxygens (including phenoxy) is 1. The maximum atomic E-state index is 5.70. The van der Waals surface area contributed by atoms with Gasteiger partial charge in [0.2, 0.25) is 0 Å². The predicted octanol–water partition coefficient (Wildman–Crippen LogP) is 1.62. The molecular formula is C13H18N2O. The number of terminal acetylenes is 1. The van der Waals surface area contributed by atoms with Crippen molar-refractivity contribution in [3.63, 3.8) is 0 Å². The van der Waals surface area contributed by atoms with Gasteiger partial charge in [0.25, 0.3) is 0 Å². The van der Waals surface area contributed by atoms with Gasteiger partial charge in [-0.05, 0) is 12.5 Å². The van der Waals surface area contributed by atoms with E-state index in [2.05, 4.69) is 11.3 Å². The van der Waals surface area contributed by atoms with E-state index in [1.807, 2.05) is 37.3 Å². The summed E-state index contributed by atoms with van der Waals surface area (Å²) in [6.45, 7) is 2.59. The zero-order valence-corrected chi connectivity index (χ0v) is 9.52. The molecule has 0 aromatic heterocycles. The summed E-state index contributed by atoms with van der Waals surface area (Å²) in [6.07, 6.45) is 5.75. The molecule has 0 aliphatic carbocycles. The van der Waals surface area contributed by atoms with Crippen molar-refractivity contribution in [2.75, 3.05) is 6.61 Å². The van der Waals surface area contributed by atoms with Crippen LogP contribution in [0.3, 0.4) is 0 Å². The molecule has 3 N–H and O–H groups in total. The van der Waals surface area contributed by atoms with E-state index in [4.69, 9.17) is 17.0 Å². The third kappa shape index (κ3) is 3.35. The second kappa shape index (κ2) is 7.02. The molecule has 0 fully saturated rings. The van der Waals surface area contributed by atoms with E-state index in [-0.39, 0.29) is 12.1 Å². The highest BCUT2D eigenvalue weighted by Gasteiger charge is 2.21. The third-order valence-electron chi connectivity index (χ3n) is 2.39. The van der Waals surface area contributed by atoms with Gasteiger partial charge in [-0.15, -0.1) is 12.3 Å². The molecule has 1 rings (SSSR count). The number of rotatable bonds is 6. The Morgan fingerprint density at radius 3 is 2.62 bits per heavy atom. The van der Waals surface area contributed by atoms with Crippen LogP contribution in [0.15, 0.2) is 30.3 Å². The molecule has 0 bridgehead atoms. The lowest BCUT2D eigenvalue weighted by Gasteiger charge is -2.25. The van der Waals surface area contributed by atoms with Crippen LogP contribution in [-0.2, 0) is 4.74 Å². The van der Waals surface area contributed by atoms with Gasteiger partial charge in [0.15, 0.2) is 0 Å². The molecule has 16 heavy (non-hydrogen) atoms. The van der Waals surface area contributed by atoms with Gasteiger partial charge in [0.1, 0.15) is 0 Å². The Hall–Kier alpha value is -1.34. The fraction of sp³-hybridized carbons (Fsp3) is 0.385. The fourth-order valence-electron chi connectivity index (χ4n) is 1.65. The van der Waals surface area contributed by atoms with Gasteiger partial charge in [-0.25, -0.2) is 0 Å². The predicted molar refractivity (Wildman–Crippen MR) is 65.4 cm³/mol. The van der Waals surface area contributed by atoms with Crippen molar-refractivity contribution >= 4 is 0 Å². The highest BCUT2D eigenvalue weighted by atomic mass is 16.5. The lowest BCUT2D eigenvalue weighted by Crippen LogP contribution is -2.40. The zero-order chi connectivity index (χ0) is 11.8. The molecule has 3 nitrogen and oxygen atoms in total. The molecule has 86 valence electrons. The quantitative estimate of drug-likeness (QED) is 0.433. The first-order chi connectivity index (χ1) is 7.83. The van der Waals surface area contributed by atoms with Crippen LogP contribution >= 0.6 is 0 Å². The normalized spacial score (nSPS) is 14.1. The summed E-state index contributed by atoms with van der Waals surface area (Å²) in [6, 6.07) is 9.89. The van der Waals surface area contributed by atoms with Gasteiger partial charge in [-0.1, -0.05) is 30.3 Å². The van der Waals surface area contributed by atoms with Gasteiger partial charge in [-0.2, -0.15) is 0 Å².